The smallest absolute Gasteiger partial charge is 0.410 e. The normalized spacial score (nSPS) is 24.8. The Labute approximate surface area is 278 Å². The molecule has 0 radical (unpaired) electrons. The van der Waals surface area contributed by atoms with Crippen LogP contribution in [0.15, 0.2) is 47.1 Å². The van der Waals surface area contributed by atoms with Gasteiger partial charge in [0, 0.05) is 49.3 Å². The molecule has 1 aliphatic heterocycles. The number of amides is 2. The molecule has 0 bridgehead atoms. The van der Waals surface area contributed by atoms with Gasteiger partial charge in [0.1, 0.15) is 17.7 Å². The van der Waals surface area contributed by atoms with E-state index < -0.39 is 0 Å². The molecule has 3 heterocycles. The van der Waals surface area contributed by atoms with E-state index in [1.54, 1.807) is 18.2 Å². The molecular formula is C38H48N4O5. The second-order valence-corrected chi connectivity index (χ2v) is 14.6. The van der Waals surface area contributed by atoms with Crippen molar-refractivity contribution in [2.75, 3.05) is 31.6 Å². The first-order valence-electron chi connectivity index (χ1n) is 17.7. The molecule has 250 valence electrons. The largest absolute Gasteiger partial charge is 0.496 e. The highest BCUT2D eigenvalue weighted by Crippen LogP contribution is 2.41. The van der Waals surface area contributed by atoms with Crippen LogP contribution in [0.25, 0.3) is 11.3 Å². The van der Waals surface area contributed by atoms with Crippen LogP contribution < -0.4 is 9.64 Å². The maximum Gasteiger partial charge on any atom is 0.410 e. The number of methoxy groups -OCH3 is 1. The fourth-order valence-electron chi connectivity index (χ4n) is 7.82. The first-order valence-corrected chi connectivity index (χ1v) is 17.7. The van der Waals surface area contributed by atoms with Crippen molar-refractivity contribution < 1.29 is 23.6 Å². The second kappa shape index (κ2) is 13.7. The number of ether oxygens (including phenoxy) is 2. The summed E-state index contributed by atoms with van der Waals surface area (Å²) in [5.41, 5.74) is 4.45. The van der Waals surface area contributed by atoms with Crippen molar-refractivity contribution in [2.24, 2.45) is 17.8 Å². The van der Waals surface area contributed by atoms with Crippen LogP contribution in [-0.4, -0.2) is 59.9 Å². The molecule has 2 aromatic heterocycles. The van der Waals surface area contributed by atoms with Crippen LogP contribution in [0.5, 0.6) is 5.75 Å². The Morgan fingerprint density at radius 1 is 0.936 bits per heavy atom. The van der Waals surface area contributed by atoms with Crippen molar-refractivity contribution in [2.45, 2.75) is 96.0 Å². The lowest BCUT2D eigenvalue weighted by Gasteiger charge is -2.38. The molecule has 9 nitrogen and oxygen atoms in total. The van der Waals surface area contributed by atoms with Crippen LogP contribution >= 0.6 is 0 Å². The van der Waals surface area contributed by atoms with Crippen molar-refractivity contribution in [1.82, 2.24) is 15.0 Å². The van der Waals surface area contributed by atoms with Crippen molar-refractivity contribution >= 4 is 17.8 Å². The minimum Gasteiger partial charge on any atom is -0.496 e. The quantitative estimate of drug-likeness (QED) is 0.235. The minimum absolute atomic E-state index is 0.121. The van der Waals surface area contributed by atoms with E-state index in [2.05, 4.69) is 37.2 Å². The van der Waals surface area contributed by atoms with Crippen LogP contribution in [0.1, 0.15) is 99.8 Å². The zero-order valence-corrected chi connectivity index (χ0v) is 28.0. The Bertz CT molecular complexity index is 1560. The molecule has 0 N–H and O–H groups in total. The summed E-state index contributed by atoms with van der Waals surface area (Å²) in [6, 6.07) is 12.5. The maximum atomic E-state index is 14.4. The number of rotatable bonds is 9. The van der Waals surface area contributed by atoms with E-state index in [4.69, 9.17) is 19.0 Å². The molecule has 2 amide bonds. The maximum absolute atomic E-state index is 14.4. The third-order valence-corrected chi connectivity index (χ3v) is 10.9. The van der Waals surface area contributed by atoms with Gasteiger partial charge in [-0.15, -0.1) is 0 Å². The van der Waals surface area contributed by atoms with Crippen LogP contribution in [0.3, 0.4) is 0 Å². The van der Waals surface area contributed by atoms with Crippen molar-refractivity contribution in [3.05, 3.63) is 59.4 Å². The standard InChI is InChI=1S/C38H48N4O5/c1-24-21-41(22-24)38(44)46-32-13-10-29(11-14-32)37(43)42(36-19-31(16-17-39-36)35-20-33(40-47-35)28-8-9-28)23-26-4-6-27(7-5-26)30-12-15-34(45-3)25(2)18-30/h12,15-20,24,26-29,32H,4-11,13-14,21-23H2,1-3H3. The lowest BCUT2D eigenvalue weighted by Crippen LogP contribution is -2.50. The van der Waals surface area contributed by atoms with Crippen LogP contribution in [0.4, 0.5) is 10.6 Å². The van der Waals surface area contributed by atoms with E-state index in [-0.39, 0.29) is 24.0 Å². The molecule has 0 unspecified atom stereocenters. The number of benzene rings is 1. The SMILES string of the molecule is COc1ccc(C2CCC(CN(C(=O)C3CCC(OC(=O)N4CC(C)C4)CC3)c3cc(-c4cc(C5CC5)no4)ccn3)CC2)cc1C. The fourth-order valence-corrected chi connectivity index (χ4v) is 7.82. The Hall–Kier alpha value is -3.88. The highest BCUT2D eigenvalue weighted by Gasteiger charge is 2.36. The minimum atomic E-state index is -0.210. The van der Waals surface area contributed by atoms with E-state index in [1.807, 2.05) is 23.1 Å². The average Bonchev–Trinajstić information content (AvgIpc) is 3.81. The van der Waals surface area contributed by atoms with Gasteiger partial charge in [0.15, 0.2) is 5.76 Å². The number of hydrogen-bond acceptors (Lipinski definition) is 7. The molecule has 1 aromatic carbocycles. The number of pyridine rings is 1. The summed E-state index contributed by atoms with van der Waals surface area (Å²) < 4.78 is 17.0. The third kappa shape index (κ3) is 7.19. The zero-order valence-electron chi connectivity index (χ0n) is 28.0. The van der Waals surface area contributed by atoms with E-state index in [9.17, 15) is 9.59 Å². The number of likely N-dealkylation sites (tertiary alicyclic amines) is 1. The summed E-state index contributed by atoms with van der Waals surface area (Å²) in [6.07, 6.45) is 10.9. The Balaban J connectivity index is 1.04. The van der Waals surface area contributed by atoms with Crippen LogP contribution in [0.2, 0.25) is 0 Å². The predicted octanol–water partition coefficient (Wildman–Crippen LogP) is 7.89. The summed E-state index contributed by atoms with van der Waals surface area (Å²) >= 11 is 0. The Morgan fingerprint density at radius 2 is 1.68 bits per heavy atom. The number of hydrogen-bond donors (Lipinski definition) is 0. The molecule has 0 spiro atoms. The molecule has 7 rings (SSSR count). The summed E-state index contributed by atoms with van der Waals surface area (Å²) in [6.45, 7) is 6.43. The van der Waals surface area contributed by atoms with Gasteiger partial charge in [-0.1, -0.05) is 24.2 Å². The van der Waals surface area contributed by atoms with Crippen molar-refractivity contribution in [1.29, 1.82) is 0 Å². The molecule has 1 saturated heterocycles. The van der Waals surface area contributed by atoms with Crippen LogP contribution in [-0.2, 0) is 9.53 Å². The van der Waals surface area contributed by atoms with Gasteiger partial charge in [0.25, 0.3) is 0 Å². The van der Waals surface area contributed by atoms with Gasteiger partial charge < -0.3 is 18.9 Å². The molecule has 9 heteroatoms. The monoisotopic (exact) mass is 640 g/mol. The van der Waals surface area contributed by atoms with Gasteiger partial charge in [-0.3, -0.25) is 9.69 Å². The van der Waals surface area contributed by atoms with Crippen LogP contribution in [0, 0.1) is 24.7 Å². The van der Waals surface area contributed by atoms with Gasteiger partial charge >= 0.3 is 6.09 Å². The molecule has 47 heavy (non-hydrogen) atoms. The fraction of sp³-hybridized carbons (Fsp3) is 0.579. The molecule has 4 aliphatic rings. The van der Waals surface area contributed by atoms with E-state index in [0.29, 0.717) is 61.7 Å². The highest BCUT2D eigenvalue weighted by molar-refractivity contribution is 5.94. The highest BCUT2D eigenvalue weighted by atomic mass is 16.6. The Morgan fingerprint density at radius 3 is 2.36 bits per heavy atom. The lowest BCUT2D eigenvalue weighted by atomic mass is 9.78. The van der Waals surface area contributed by atoms with Gasteiger partial charge in [-0.2, -0.15) is 0 Å². The average molecular weight is 641 g/mol. The predicted molar refractivity (Wildman–Crippen MR) is 179 cm³/mol. The van der Waals surface area contributed by atoms with Gasteiger partial charge in [0.05, 0.1) is 12.8 Å². The number of nitrogens with zero attached hydrogens (tertiary/aromatic N) is 4. The van der Waals surface area contributed by atoms with Gasteiger partial charge in [0.2, 0.25) is 5.91 Å². The summed E-state index contributed by atoms with van der Waals surface area (Å²) in [4.78, 5) is 35.3. The Kier molecular flexibility index (Phi) is 9.24. The van der Waals surface area contributed by atoms with Gasteiger partial charge in [-0.25, -0.2) is 9.78 Å². The summed E-state index contributed by atoms with van der Waals surface area (Å²) in [5.74, 6) is 4.28. The molecular weight excluding hydrogens is 592 g/mol. The van der Waals surface area contributed by atoms with E-state index in [1.165, 1.54) is 11.1 Å². The molecule has 3 saturated carbocycles. The number of carbonyl (C=O) groups is 2. The molecule has 3 aromatic rings. The zero-order chi connectivity index (χ0) is 32.5. The van der Waals surface area contributed by atoms with Crippen molar-refractivity contribution in [3.8, 4) is 17.1 Å². The van der Waals surface area contributed by atoms with Crippen molar-refractivity contribution in [3.63, 3.8) is 0 Å². The summed E-state index contributed by atoms with van der Waals surface area (Å²) in [7, 11) is 1.72. The molecule has 4 fully saturated rings. The lowest BCUT2D eigenvalue weighted by molar-refractivity contribution is -0.124. The van der Waals surface area contributed by atoms with E-state index >= 15 is 0 Å². The number of anilines is 1. The topological polar surface area (TPSA) is 98.0 Å². The number of carbonyl (C=O) groups excluding carboxylic acids is 2. The first kappa shape index (κ1) is 31.7. The number of aromatic nitrogens is 2. The second-order valence-electron chi connectivity index (χ2n) is 14.6. The molecule has 3 aliphatic carbocycles. The van der Waals surface area contributed by atoms with Gasteiger partial charge in [-0.05, 0) is 118 Å². The van der Waals surface area contributed by atoms with E-state index in [0.717, 1.165) is 74.4 Å². The number of aryl methyl sites for hydroxylation is 1. The molecule has 0 atom stereocenters. The summed E-state index contributed by atoms with van der Waals surface area (Å²) in [5, 5.41) is 4.31. The first-order chi connectivity index (χ1) is 22.8. The third-order valence-electron chi connectivity index (χ3n) is 10.9.